The van der Waals surface area contributed by atoms with Crippen LogP contribution in [0.4, 0.5) is 20.2 Å². The van der Waals surface area contributed by atoms with Gasteiger partial charge in [-0.05, 0) is 6.07 Å². The molecule has 7 nitrogen and oxygen atoms in total. The van der Waals surface area contributed by atoms with E-state index in [4.69, 9.17) is 5.26 Å². The van der Waals surface area contributed by atoms with Crippen LogP contribution >= 0.6 is 0 Å². The third-order valence-electron chi connectivity index (χ3n) is 1.78. The molecule has 0 aliphatic rings. The Labute approximate surface area is 99.8 Å². The number of nitro benzene ring substituents is 1. The van der Waals surface area contributed by atoms with Crippen molar-refractivity contribution < 1.29 is 22.1 Å². The topological polar surface area (TPSA) is 113 Å². The number of halogens is 2. The molecule has 1 N–H and O–H groups in total. The second kappa shape index (κ2) is 4.92. The lowest BCUT2D eigenvalue weighted by Crippen LogP contribution is -2.18. The Hall–Kier alpha value is -2.28. The highest BCUT2D eigenvalue weighted by atomic mass is 32.2. The van der Waals surface area contributed by atoms with Crippen LogP contribution in [0.2, 0.25) is 0 Å². The van der Waals surface area contributed by atoms with Crippen LogP contribution in [0.25, 0.3) is 0 Å². The van der Waals surface area contributed by atoms with Crippen molar-refractivity contribution in [1.29, 1.82) is 5.26 Å². The zero-order chi connectivity index (χ0) is 13.9. The Balaban J connectivity index is 3.35. The number of hydrogen-bond acceptors (Lipinski definition) is 5. The molecular weight excluding hydrogens is 272 g/mol. The highest BCUT2D eigenvalue weighted by Gasteiger charge is 2.25. The van der Waals surface area contributed by atoms with Gasteiger partial charge >= 0.3 is 0 Å². The first-order valence-electron chi connectivity index (χ1n) is 4.28. The summed E-state index contributed by atoms with van der Waals surface area (Å²) in [6, 6.07) is 2.38. The fraction of sp³-hybridized carbons (Fsp3) is 0.125. The molecule has 0 aliphatic heterocycles. The van der Waals surface area contributed by atoms with Gasteiger partial charge in [-0.15, -0.1) is 0 Å². The van der Waals surface area contributed by atoms with Gasteiger partial charge in [0.15, 0.2) is 23.1 Å². The quantitative estimate of drug-likeness (QED) is 0.654. The van der Waals surface area contributed by atoms with E-state index in [2.05, 4.69) is 0 Å². The Kier molecular flexibility index (Phi) is 3.77. The van der Waals surface area contributed by atoms with Crippen LogP contribution in [0, 0.1) is 33.1 Å². The summed E-state index contributed by atoms with van der Waals surface area (Å²) < 4.78 is 50.0. The predicted molar refractivity (Wildman–Crippen MR) is 56.0 cm³/mol. The number of nitrogens with zero attached hydrogens (tertiary/aromatic N) is 2. The smallest absolute Gasteiger partial charge is 0.274 e. The number of anilines is 1. The van der Waals surface area contributed by atoms with E-state index in [-0.39, 0.29) is 0 Å². The van der Waals surface area contributed by atoms with Crippen LogP contribution in [0.15, 0.2) is 12.1 Å². The van der Waals surface area contributed by atoms with E-state index >= 15 is 0 Å². The van der Waals surface area contributed by atoms with Crippen molar-refractivity contribution in [2.24, 2.45) is 0 Å². The van der Waals surface area contributed by atoms with Crippen molar-refractivity contribution in [2.75, 3.05) is 10.5 Å². The van der Waals surface area contributed by atoms with Crippen molar-refractivity contribution in [3.05, 3.63) is 33.9 Å². The second-order valence-electron chi connectivity index (χ2n) is 3.03. The molecule has 96 valence electrons. The summed E-state index contributed by atoms with van der Waals surface area (Å²) in [7, 11) is -4.30. The molecule has 0 bridgehead atoms. The molecule has 1 rings (SSSR count). The minimum atomic E-state index is -4.30. The fourth-order valence-corrected chi connectivity index (χ4v) is 1.81. The van der Waals surface area contributed by atoms with Gasteiger partial charge in [0.05, 0.1) is 11.0 Å². The SMILES string of the molecule is N#CCS(=O)(=O)Nc1c([N+](=O)[O-])ccc(F)c1F. The first-order valence-corrected chi connectivity index (χ1v) is 5.93. The standard InChI is InChI=1S/C8H5F2N3O4S/c9-5-1-2-6(13(14)15)8(7(5)10)12-18(16,17)4-3-11/h1-2,12H,4H2. The van der Waals surface area contributed by atoms with Gasteiger partial charge < -0.3 is 0 Å². The lowest BCUT2D eigenvalue weighted by molar-refractivity contribution is -0.384. The van der Waals surface area contributed by atoms with E-state index in [0.717, 1.165) is 0 Å². The van der Waals surface area contributed by atoms with E-state index in [1.807, 2.05) is 0 Å². The largest absolute Gasteiger partial charge is 0.296 e. The maximum atomic E-state index is 13.3. The molecule has 10 heteroatoms. The van der Waals surface area contributed by atoms with Crippen LogP contribution < -0.4 is 4.72 Å². The number of sulfonamides is 1. The number of nitriles is 1. The zero-order valence-electron chi connectivity index (χ0n) is 8.55. The normalized spacial score (nSPS) is 10.7. The molecule has 18 heavy (non-hydrogen) atoms. The van der Waals surface area contributed by atoms with Gasteiger partial charge in [0.25, 0.3) is 5.69 Å². The van der Waals surface area contributed by atoms with Crippen LogP contribution in [0.1, 0.15) is 0 Å². The third-order valence-corrected chi connectivity index (χ3v) is 2.81. The Bertz CT molecular complexity index is 638. The average molecular weight is 277 g/mol. The highest BCUT2D eigenvalue weighted by Crippen LogP contribution is 2.29. The molecular formula is C8H5F2N3O4S. The fourth-order valence-electron chi connectivity index (χ4n) is 1.07. The maximum Gasteiger partial charge on any atom is 0.296 e. The summed E-state index contributed by atoms with van der Waals surface area (Å²) in [5, 5.41) is 18.8. The van der Waals surface area contributed by atoms with Crippen molar-refractivity contribution in [3.63, 3.8) is 0 Å². The number of nitrogens with one attached hydrogen (secondary N) is 1. The molecule has 0 spiro atoms. The summed E-state index contributed by atoms with van der Waals surface area (Å²) in [6.07, 6.45) is 0. The molecule has 0 saturated carbocycles. The molecule has 0 atom stereocenters. The summed E-state index contributed by atoms with van der Waals surface area (Å²) in [4.78, 5) is 9.47. The van der Waals surface area contributed by atoms with Gasteiger partial charge in [-0.1, -0.05) is 0 Å². The van der Waals surface area contributed by atoms with Gasteiger partial charge in [-0.2, -0.15) is 5.26 Å². The Morgan fingerprint density at radius 1 is 1.44 bits per heavy atom. The van der Waals surface area contributed by atoms with Gasteiger partial charge in [-0.3, -0.25) is 14.8 Å². The van der Waals surface area contributed by atoms with Crippen molar-refractivity contribution in [1.82, 2.24) is 0 Å². The van der Waals surface area contributed by atoms with Gasteiger partial charge in [0, 0.05) is 6.07 Å². The van der Waals surface area contributed by atoms with Crippen molar-refractivity contribution in [2.45, 2.75) is 0 Å². The Morgan fingerprint density at radius 2 is 2.06 bits per heavy atom. The summed E-state index contributed by atoms with van der Waals surface area (Å²) in [6.45, 7) is 0. The minimum absolute atomic E-state index is 0.496. The number of nitro groups is 1. The van der Waals surface area contributed by atoms with Crippen LogP contribution in [0.5, 0.6) is 0 Å². The van der Waals surface area contributed by atoms with Gasteiger partial charge in [-0.25, -0.2) is 17.2 Å². The average Bonchev–Trinajstić information content (AvgIpc) is 2.24. The highest BCUT2D eigenvalue weighted by molar-refractivity contribution is 7.92. The lowest BCUT2D eigenvalue weighted by Gasteiger charge is -2.07. The molecule has 0 saturated heterocycles. The van der Waals surface area contributed by atoms with E-state index in [1.54, 1.807) is 0 Å². The molecule has 0 radical (unpaired) electrons. The van der Waals surface area contributed by atoms with Gasteiger partial charge in [0.2, 0.25) is 10.0 Å². The molecule has 1 aromatic carbocycles. The molecule has 0 fully saturated rings. The number of hydrogen-bond donors (Lipinski definition) is 1. The van der Waals surface area contributed by atoms with E-state index in [9.17, 15) is 27.3 Å². The van der Waals surface area contributed by atoms with Crippen molar-refractivity contribution >= 4 is 21.4 Å². The van der Waals surface area contributed by atoms with Crippen molar-refractivity contribution in [3.8, 4) is 6.07 Å². The summed E-state index contributed by atoms with van der Waals surface area (Å²) in [5.41, 5.74) is -2.08. The van der Waals surface area contributed by atoms with Gasteiger partial charge in [0.1, 0.15) is 0 Å². The summed E-state index contributed by atoms with van der Waals surface area (Å²) >= 11 is 0. The van der Waals surface area contributed by atoms with Crippen LogP contribution in [0.3, 0.4) is 0 Å². The maximum absolute atomic E-state index is 13.3. The second-order valence-corrected chi connectivity index (χ2v) is 4.75. The molecule has 0 unspecified atom stereocenters. The first-order chi connectivity index (χ1) is 8.28. The Morgan fingerprint density at radius 3 is 2.56 bits per heavy atom. The predicted octanol–water partition coefficient (Wildman–Crippen LogP) is 1.14. The minimum Gasteiger partial charge on any atom is -0.274 e. The number of benzene rings is 1. The lowest BCUT2D eigenvalue weighted by atomic mass is 10.2. The molecule has 0 aromatic heterocycles. The van der Waals surface area contributed by atoms with E-state index < -0.39 is 43.7 Å². The van der Waals surface area contributed by atoms with E-state index in [0.29, 0.717) is 12.1 Å². The molecule has 0 aliphatic carbocycles. The van der Waals surface area contributed by atoms with E-state index in [1.165, 1.54) is 10.8 Å². The first kappa shape index (κ1) is 13.8. The van der Waals surface area contributed by atoms with Crippen LogP contribution in [-0.4, -0.2) is 19.1 Å². The summed E-state index contributed by atoms with van der Waals surface area (Å²) in [5.74, 6) is -4.19. The number of rotatable bonds is 4. The third kappa shape index (κ3) is 2.89. The molecule has 1 aromatic rings. The monoisotopic (exact) mass is 277 g/mol. The zero-order valence-corrected chi connectivity index (χ0v) is 9.37. The molecule has 0 heterocycles. The molecule has 0 amide bonds. The van der Waals surface area contributed by atoms with Crippen LogP contribution in [-0.2, 0) is 10.0 Å².